The topological polar surface area (TPSA) is 55.1 Å². The summed E-state index contributed by atoms with van der Waals surface area (Å²) >= 11 is 0. The molecule has 0 saturated heterocycles. The van der Waals surface area contributed by atoms with Gasteiger partial charge in [0.1, 0.15) is 0 Å². The van der Waals surface area contributed by atoms with E-state index in [2.05, 4.69) is 25.2 Å². The molecule has 0 aliphatic heterocycles. The number of primary amides is 1. The number of hydrogen-bond acceptors (Lipinski definition) is 2. The molecule has 3 heteroatoms. The maximum absolute atomic E-state index is 11.4. The average Bonchev–Trinajstić information content (AvgIpc) is 2.36. The van der Waals surface area contributed by atoms with E-state index in [0.29, 0.717) is 17.4 Å². The van der Waals surface area contributed by atoms with Crippen molar-refractivity contribution >= 4 is 11.6 Å². The third-order valence-corrected chi connectivity index (χ3v) is 4.07. The Morgan fingerprint density at radius 3 is 2.80 bits per heavy atom. The number of allylic oxidation sites excluding steroid dienone is 2. The molecule has 0 fully saturated rings. The highest BCUT2D eigenvalue weighted by Crippen LogP contribution is 2.28. The SMILES string of the molecule is CC1=CC(C)CC(CNc2cccc(C(N)=O)c2C)C1. The Labute approximate surface area is 121 Å². The van der Waals surface area contributed by atoms with E-state index in [-0.39, 0.29) is 5.91 Å². The highest BCUT2D eigenvalue weighted by atomic mass is 16.1. The lowest BCUT2D eigenvalue weighted by Gasteiger charge is -2.26. The van der Waals surface area contributed by atoms with Gasteiger partial charge in [0.25, 0.3) is 0 Å². The molecule has 2 rings (SSSR count). The molecule has 2 atom stereocenters. The van der Waals surface area contributed by atoms with E-state index in [1.165, 1.54) is 12.0 Å². The van der Waals surface area contributed by atoms with Crippen molar-refractivity contribution in [2.24, 2.45) is 17.6 Å². The molecule has 0 bridgehead atoms. The number of carbonyl (C=O) groups is 1. The molecule has 1 aliphatic carbocycles. The number of anilines is 1. The Kier molecular flexibility index (Phi) is 4.48. The standard InChI is InChI=1S/C17H24N2O/c1-11-7-12(2)9-14(8-11)10-19-16-6-4-5-15(13(16)3)17(18)20/h4-7,11,14,19H,8-10H2,1-3H3,(H2,18,20). The highest BCUT2D eigenvalue weighted by Gasteiger charge is 2.18. The van der Waals surface area contributed by atoms with Gasteiger partial charge in [0, 0.05) is 17.8 Å². The second kappa shape index (κ2) is 6.12. The van der Waals surface area contributed by atoms with Crippen molar-refractivity contribution in [3.8, 4) is 0 Å². The predicted molar refractivity (Wildman–Crippen MR) is 83.8 cm³/mol. The van der Waals surface area contributed by atoms with Crippen LogP contribution in [-0.4, -0.2) is 12.5 Å². The van der Waals surface area contributed by atoms with Gasteiger partial charge in [-0.3, -0.25) is 4.79 Å². The zero-order valence-electron chi connectivity index (χ0n) is 12.6. The van der Waals surface area contributed by atoms with Crippen LogP contribution in [0.5, 0.6) is 0 Å². The minimum absolute atomic E-state index is 0.365. The maximum atomic E-state index is 11.4. The van der Waals surface area contributed by atoms with Gasteiger partial charge in [0.15, 0.2) is 0 Å². The van der Waals surface area contributed by atoms with E-state index in [9.17, 15) is 4.79 Å². The number of nitrogens with two attached hydrogens (primary N) is 1. The van der Waals surface area contributed by atoms with Gasteiger partial charge in [0.05, 0.1) is 0 Å². The fourth-order valence-corrected chi connectivity index (χ4v) is 3.19. The van der Waals surface area contributed by atoms with Crippen LogP contribution < -0.4 is 11.1 Å². The Morgan fingerprint density at radius 1 is 1.40 bits per heavy atom. The van der Waals surface area contributed by atoms with Crippen molar-refractivity contribution in [3.05, 3.63) is 41.0 Å². The predicted octanol–water partition coefficient (Wildman–Crippen LogP) is 3.50. The van der Waals surface area contributed by atoms with E-state index in [4.69, 9.17) is 5.73 Å². The highest BCUT2D eigenvalue weighted by molar-refractivity contribution is 5.95. The van der Waals surface area contributed by atoms with Crippen molar-refractivity contribution in [1.82, 2.24) is 0 Å². The van der Waals surface area contributed by atoms with Gasteiger partial charge in [0.2, 0.25) is 5.91 Å². The molecule has 3 N–H and O–H groups in total. The van der Waals surface area contributed by atoms with Crippen LogP contribution in [0.25, 0.3) is 0 Å². The summed E-state index contributed by atoms with van der Waals surface area (Å²) in [4.78, 5) is 11.4. The Morgan fingerprint density at radius 2 is 2.15 bits per heavy atom. The molecular formula is C17H24N2O. The molecule has 1 aromatic carbocycles. The Hall–Kier alpha value is -1.77. The summed E-state index contributed by atoms with van der Waals surface area (Å²) in [6.45, 7) is 7.37. The molecule has 1 amide bonds. The van der Waals surface area contributed by atoms with Gasteiger partial charge in [-0.1, -0.05) is 24.6 Å². The number of carbonyl (C=O) groups excluding carboxylic acids is 1. The summed E-state index contributed by atoms with van der Waals surface area (Å²) in [7, 11) is 0. The van der Waals surface area contributed by atoms with Gasteiger partial charge in [-0.25, -0.2) is 0 Å². The second-order valence-corrected chi connectivity index (χ2v) is 6.02. The first kappa shape index (κ1) is 14.6. The van der Waals surface area contributed by atoms with Crippen molar-refractivity contribution in [1.29, 1.82) is 0 Å². The summed E-state index contributed by atoms with van der Waals surface area (Å²) < 4.78 is 0. The normalized spacial score (nSPS) is 22.2. The number of hydrogen-bond donors (Lipinski definition) is 2. The van der Waals surface area contributed by atoms with E-state index >= 15 is 0 Å². The monoisotopic (exact) mass is 272 g/mol. The quantitative estimate of drug-likeness (QED) is 0.824. The van der Waals surface area contributed by atoms with Gasteiger partial charge in [-0.2, -0.15) is 0 Å². The van der Waals surface area contributed by atoms with Crippen LogP contribution in [0, 0.1) is 18.8 Å². The molecule has 1 aromatic rings. The van der Waals surface area contributed by atoms with E-state index < -0.39 is 0 Å². The number of amides is 1. The van der Waals surface area contributed by atoms with Gasteiger partial charge in [-0.05, 0) is 56.2 Å². The van der Waals surface area contributed by atoms with Crippen LogP contribution in [0.4, 0.5) is 5.69 Å². The number of nitrogens with one attached hydrogen (secondary N) is 1. The van der Waals surface area contributed by atoms with Crippen LogP contribution in [0.15, 0.2) is 29.8 Å². The van der Waals surface area contributed by atoms with Gasteiger partial charge >= 0.3 is 0 Å². The van der Waals surface area contributed by atoms with E-state index in [0.717, 1.165) is 24.2 Å². The fraction of sp³-hybridized carbons (Fsp3) is 0.471. The third kappa shape index (κ3) is 3.41. The molecule has 1 aliphatic rings. The summed E-state index contributed by atoms with van der Waals surface area (Å²) in [5, 5.41) is 3.48. The molecule has 0 saturated carbocycles. The van der Waals surface area contributed by atoms with Crippen LogP contribution in [0.3, 0.4) is 0 Å². The molecule has 3 nitrogen and oxygen atoms in total. The molecule has 0 radical (unpaired) electrons. The minimum Gasteiger partial charge on any atom is -0.385 e. The first-order chi connectivity index (χ1) is 9.47. The van der Waals surface area contributed by atoms with Crippen LogP contribution >= 0.6 is 0 Å². The maximum Gasteiger partial charge on any atom is 0.249 e. The average molecular weight is 272 g/mol. The molecule has 0 heterocycles. The van der Waals surface area contributed by atoms with Gasteiger partial charge < -0.3 is 11.1 Å². The van der Waals surface area contributed by atoms with Crippen LogP contribution in [0.2, 0.25) is 0 Å². The molecule has 0 aromatic heterocycles. The molecule has 2 unspecified atom stereocenters. The zero-order valence-corrected chi connectivity index (χ0v) is 12.6. The zero-order chi connectivity index (χ0) is 14.7. The molecule has 0 spiro atoms. The van der Waals surface area contributed by atoms with E-state index in [1.807, 2.05) is 19.1 Å². The Bertz CT molecular complexity index is 534. The summed E-state index contributed by atoms with van der Waals surface area (Å²) in [6.07, 6.45) is 4.75. The summed E-state index contributed by atoms with van der Waals surface area (Å²) in [5.74, 6) is 0.955. The lowest BCUT2D eigenvalue weighted by molar-refractivity contribution is 0.1000. The third-order valence-electron chi connectivity index (χ3n) is 4.07. The van der Waals surface area contributed by atoms with Crippen LogP contribution in [0.1, 0.15) is 42.6 Å². The summed E-state index contributed by atoms with van der Waals surface area (Å²) in [6, 6.07) is 5.67. The second-order valence-electron chi connectivity index (χ2n) is 6.02. The summed E-state index contributed by atoms with van der Waals surface area (Å²) in [5.41, 5.74) is 9.42. The lowest BCUT2D eigenvalue weighted by atomic mass is 9.83. The Balaban J connectivity index is 2.03. The van der Waals surface area contributed by atoms with Crippen molar-refractivity contribution in [3.63, 3.8) is 0 Å². The first-order valence-corrected chi connectivity index (χ1v) is 7.28. The largest absolute Gasteiger partial charge is 0.385 e. The first-order valence-electron chi connectivity index (χ1n) is 7.28. The lowest BCUT2D eigenvalue weighted by Crippen LogP contribution is -2.21. The smallest absolute Gasteiger partial charge is 0.249 e. The molecule has 108 valence electrons. The van der Waals surface area contributed by atoms with Crippen molar-refractivity contribution < 1.29 is 4.79 Å². The van der Waals surface area contributed by atoms with Crippen LogP contribution in [-0.2, 0) is 0 Å². The number of benzene rings is 1. The number of rotatable bonds is 4. The van der Waals surface area contributed by atoms with Crippen molar-refractivity contribution in [2.45, 2.75) is 33.6 Å². The molecule has 20 heavy (non-hydrogen) atoms. The minimum atomic E-state index is -0.365. The van der Waals surface area contributed by atoms with E-state index in [1.54, 1.807) is 6.07 Å². The van der Waals surface area contributed by atoms with Gasteiger partial charge in [-0.15, -0.1) is 0 Å². The fourth-order valence-electron chi connectivity index (χ4n) is 3.19. The molecular weight excluding hydrogens is 248 g/mol. The van der Waals surface area contributed by atoms with Crippen molar-refractivity contribution in [2.75, 3.05) is 11.9 Å².